The van der Waals surface area contributed by atoms with Gasteiger partial charge in [0.05, 0.1) is 12.5 Å². The third-order valence-electron chi connectivity index (χ3n) is 2.93. The Kier molecular flexibility index (Phi) is 4.11. The van der Waals surface area contributed by atoms with Gasteiger partial charge in [-0.15, -0.1) is 11.3 Å². The van der Waals surface area contributed by atoms with Crippen LogP contribution in [0.1, 0.15) is 21.1 Å². The zero-order chi connectivity index (χ0) is 15.4. The van der Waals surface area contributed by atoms with E-state index in [-0.39, 0.29) is 5.91 Å². The lowest BCUT2D eigenvalue weighted by Gasteiger charge is -1.96. The molecule has 0 unspecified atom stereocenters. The van der Waals surface area contributed by atoms with Gasteiger partial charge >= 0.3 is 0 Å². The number of carbonyl (C=O) groups excluding carboxylic acids is 1. The van der Waals surface area contributed by atoms with Crippen molar-refractivity contribution in [2.24, 2.45) is 5.10 Å². The first-order valence-corrected chi connectivity index (χ1v) is 7.45. The van der Waals surface area contributed by atoms with E-state index >= 15 is 0 Å². The molecule has 0 aliphatic carbocycles. The van der Waals surface area contributed by atoms with Crippen molar-refractivity contribution >= 4 is 23.5 Å². The lowest BCUT2D eigenvalue weighted by molar-refractivity contribution is 0.0950. The summed E-state index contributed by atoms with van der Waals surface area (Å²) >= 11 is 1.48. The lowest BCUT2D eigenvalue weighted by atomic mass is 10.2. The van der Waals surface area contributed by atoms with Crippen LogP contribution in [-0.4, -0.2) is 17.1 Å². The number of rotatable bonds is 4. The highest BCUT2D eigenvalue weighted by atomic mass is 32.1. The highest BCUT2D eigenvalue weighted by molar-refractivity contribution is 7.15. The predicted octanol–water partition coefficient (Wildman–Crippen LogP) is 3.48. The molecule has 0 aliphatic heterocycles. The normalized spacial score (nSPS) is 11.0. The number of hydrazone groups is 1. The Bertz CT molecular complexity index is 792. The number of amides is 1. The fourth-order valence-corrected chi connectivity index (χ4v) is 2.80. The van der Waals surface area contributed by atoms with Crippen LogP contribution in [0.2, 0.25) is 0 Å². The molecule has 2 heterocycles. The largest absolute Gasteiger partial charge is 0.463 e. The molecule has 2 aromatic heterocycles. The van der Waals surface area contributed by atoms with E-state index in [0.717, 1.165) is 15.4 Å². The van der Waals surface area contributed by atoms with Crippen molar-refractivity contribution < 1.29 is 9.21 Å². The van der Waals surface area contributed by atoms with Crippen molar-refractivity contribution in [3.05, 3.63) is 65.1 Å². The number of benzene rings is 1. The maximum atomic E-state index is 12.1. The van der Waals surface area contributed by atoms with E-state index < -0.39 is 0 Å². The molecule has 5 nitrogen and oxygen atoms in total. The Balaban J connectivity index is 1.74. The molecule has 0 saturated carbocycles. The summed E-state index contributed by atoms with van der Waals surface area (Å²) in [6.07, 6.45) is 2.98. The SMILES string of the molecule is Cc1sc(-c2ccccc2)nc1C(=O)N/N=C\c1ccco1. The van der Waals surface area contributed by atoms with Gasteiger partial charge in [-0.1, -0.05) is 30.3 Å². The van der Waals surface area contributed by atoms with E-state index in [2.05, 4.69) is 15.5 Å². The molecule has 0 saturated heterocycles. The third kappa shape index (κ3) is 3.12. The second-order valence-electron chi connectivity index (χ2n) is 4.50. The molecule has 0 fully saturated rings. The summed E-state index contributed by atoms with van der Waals surface area (Å²) < 4.78 is 5.09. The fraction of sp³-hybridized carbons (Fsp3) is 0.0625. The molecule has 110 valence electrons. The summed E-state index contributed by atoms with van der Waals surface area (Å²) in [5, 5.41) is 4.68. The van der Waals surface area contributed by atoms with E-state index in [1.807, 2.05) is 37.3 Å². The van der Waals surface area contributed by atoms with E-state index in [0.29, 0.717) is 11.5 Å². The highest BCUT2D eigenvalue weighted by Gasteiger charge is 2.15. The molecule has 0 atom stereocenters. The Morgan fingerprint density at radius 1 is 1.27 bits per heavy atom. The van der Waals surface area contributed by atoms with E-state index in [1.54, 1.807) is 18.4 Å². The third-order valence-corrected chi connectivity index (χ3v) is 3.95. The molecule has 1 aromatic carbocycles. The zero-order valence-electron chi connectivity index (χ0n) is 11.8. The van der Waals surface area contributed by atoms with Gasteiger partial charge in [-0.3, -0.25) is 4.79 Å². The van der Waals surface area contributed by atoms with Gasteiger partial charge < -0.3 is 4.42 Å². The summed E-state index contributed by atoms with van der Waals surface area (Å²) in [6, 6.07) is 13.3. The number of hydrogen-bond acceptors (Lipinski definition) is 5. The summed E-state index contributed by atoms with van der Waals surface area (Å²) in [5.41, 5.74) is 3.84. The summed E-state index contributed by atoms with van der Waals surface area (Å²) in [6.45, 7) is 1.87. The minimum Gasteiger partial charge on any atom is -0.463 e. The molecule has 3 aromatic rings. The Hall–Kier alpha value is -2.73. The average molecular weight is 311 g/mol. The Labute approximate surface area is 131 Å². The van der Waals surface area contributed by atoms with Gasteiger partial charge in [-0.25, -0.2) is 10.4 Å². The minimum absolute atomic E-state index is 0.335. The second-order valence-corrected chi connectivity index (χ2v) is 5.71. The minimum atomic E-state index is -0.335. The molecular formula is C16H13N3O2S. The van der Waals surface area contributed by atoms with Gasteiger partial charge in [0, 0.05) is 10.4 Å². The molecule has 0 radical (unpaired) electrons. The number of nitrogens with one attached hydrogen (secondary N) is 1. The van der Waals surface area contributed by atoms with Crippen LogP contribution in [0.25, 0.3) is 10.6 Å². The molecule has 0 spiro atoms. The smallest absolute Gasteiger partial charge is 0.291 e. The van der Waals surface area contributed by atoms with Gasteiger partial charge in [0.2, 0.25) is 0 Å². The van der Waals surface area contributed by atoms with Crippen LogP contribution in [0.15, 0.2) is 58.2 Å². The van der Waals surface area contributed by atoms with Crippen molar-refractivity contribution in [2.75, 3.05) is 0 Å². The van der Waals surface area contributed by atoms with Crippen LogP contribution in [-0.2, 0) is 0 Å². The Morgan fingerprint density at radius 2 is 2.09 bits per heavy atom. The average Bonchev–Trinajstić information content (AvgIpc) is 3.17. The fourth-order valence-electron chi connectivity index (χ4n) is 1.88. The van der Waals surface area contributed by atoms with Crippen LogP contribution in [0, 0.1) is 6.92 Å². The van der Waals surface area contributed by atoms with Crippen LogP contribution in [0.5, 0.6) is 0 Å². The standard InChI is InChI=1S/C16H13N3O2S/c1-11-14(15(20)19-17-10-13-8-5-9-21-13)18-16(22-11)12-6-3-2-4-7-12/h2-10H,1H3,(H,19,20)/b17-10-. The van der Waals surface area contributed by atoms with Crippen LogP contribution in [0.4, 0.5) is 0 Å². The molecular weight excluding hydrogens is 298 g/mol. The van der Waals surface area contributed by atoms with E-state index in [9.17, 15) is 4.79 Å². The molecule has 6 heteroatoms. The summed E-state index contributed by atoms with van der Waals surface area (Å²) in [4.78, 5) is 17.4. The van der Waals surface area contributed by atoms with E-state index in [4.69, 9.17) is 4.42 Å². The molecule has 3 rings (SSSR count). The number of carbonyl (C=O) groups is 1. The number of nitrogens with zero attached hydrogens (tertiary/aromatic N) is 2. The van der Waals surface area contributed by atoms with Crippen LogP contribution < -0.4 is 5.43 Å². The molecule has 1 amide bonds. The first-order valence-electron chi connectivity index (χ1n) is 6.64. The number of furan rings is 1. The zero-order valence-corrected chi connectivity index (χ0v) is 12.6. The number of thiazole rings is 1. The van der Waals surface area contributed by atoms with Gasteiger partial charge in [-0.05, 0) is 19.1 Å². The van der Waals surface area contributed by atoms with Crippen LogP contribution in [0.3, 0.4) is 0 Å². The van der Waals surface area contributed by atoms with Gasteiger partial charge in [0.25, 0.3) is 5.91 Å². The number of aryl methyl sites for hydroxylation is 1. The topological polar surface area (TPSA) is 67.5 Å². The first-order chi connectivity index (χ1) is 10.7. The van der Waals surface area contributed by atoms with Crippen molar-refractivity contribution in [1.29, 1.82) is 0 Å². The maximum absolute atomic E-state index is 12.1. The van der Waals surface area contributed by atoms with E-state index in [1.165, 1.54) is 17.6 Å². The molecule has 22 heavy (non-hydrogen) atoms. The number of hydrogen-bond donors (Lipinski definition) is 1. The maximum Gasteiger partial charge on any atom is 0.291 e. The Morgan fingerprint density at radius 3 is 2.82 bits per heavy atom. The first kappa shape index (κ1) is 14.2. The lowest BCUT2D eigenvalue weighted by Crippen LogP contribution is -2.18. The van der Waals surface area contributed by atoms with Crippen molar-refractivity contribution in [3.63, 3.8) is 0 Å². The molecule has 0 bridgehead atoms. The monoisotopic (exact) mass is 311 g/mol. The van der Waals surface area contributed by atoms with Gasteiger partial charge in [-0.2, -0.15) is 5.10 Å². The summed E-state index contributed by atoms with van der Waals surface area (Å²) in [7, 11) is 0. The quantitative estimate of drug-likeness (QED) is 0.592. The second kappa shape index (κ2) is 6.36. The molecule has 0 aliphatic rings. The van der Waals surface area contributed by atoms with Gasteiger partial charge in [0.15, 0.2) is 0 Å². The van der Waals surface area contributed by atoms with Gasteiger partial charge in [0.1, 0.15) is 16.5 Å². The van der Waals surface area contributed by atoms with Crippen LogP contribution >= 0.6 is 11.3 Å². The number of aromatic nitrogens is 1. The van der Waals surface area contributed by atoms with Crippen molar-refractivity contribution in [1.82, 2.24) is 10.4 Å². The van der Waals surface area contributed by atoms with Crippen molar-refractivity contribution in [3.8, 4) is 10.6 Å². The molecule has 1 N–H and O–H groups in total. The predicted molar refractivity (Wildman–Crippen MR) is 86.1 cm³/mol. The summed E-state index contributed by atoms with van der Waals surface area (Å²) in [5.74, 6) is 0.235. The highest BCUT2D eigenvalue weighted by Crippen LogP contribution is 2.27. The van der Waals surface area contributed by atoms with Crippen molar-refractivity contribution in [2.45, 2.75) is 6.92 Å².